The van der Waals surface area contributed by atoms with Gasteiger partial charge in [0.25, 0.3) is 0 Å². The van der Waals surface area contributed by atoms with Gasteiger partial charge in [-0.15, -0.1) is 24.8 Å². The van der Waals surface area contributed by atoms with Gasteiger partial charge in [-0.3, -0.25) is 0 Å². The monoisotopic (exact) mass is 482 g/mol. The van der Waals surface area contributed by atoms with Crippen LogP contribution in [-0.4, -0.2) is 36.0 Å². The average molecular weight is 483 g/mol. The molecular weight excluding hydrogens is 464 g/mol. The van der Waals surface area contributed by atoms with Gasteiger partial charge >= 0.3 is 85.5 Å². The maximum atomic E-state index is 4.28. The van der Waals surface area contributed by atoms with Crippen LogP contribution in [0.3, 0.4) is 0 Å². The Morgan fingerprint density at radius 3 is 1.42 bits per heavy atom. The van der Waals surface area contributed by atoms with Gasteiger partial charge in [-0.25, -0.2) is 0 Å². The number of pyridine rings is 2. The molecule has 0 spiro atoms. The van der Waals surface area contributed by atoms with Crippen LogP contribution in [0.1, 0.15) is 0 Å². The molecule has 2 aromatic rings. The molecule has 19 heavy (non-hydrogen) atoms. The fraction of sp³-hybridized carbons (Fsp3) is 0.231. The standard InChI is InChI=1S/2C5H4N.C3H9N.2ClH.Pt/c2*1-2-4-6-5-3-1;1-4(2)3;;;/h2*1-4H;1-3H3;2*1H;. The molecule has 6 heteroatoms. The summed E-state index contributed by atoms with van der Waals surface area (Å²) in [6, 6.07) is 12.0. The molecule has 3 nitrogen and oxygen atoms in total. The van der Waals surface area contributed by atoms with E-state index in [1.165, 1.54) is 8.17 Å². The molecule has 0 aromatic carbocycles. The zero-order valence-corrected chi connectivity index (χ0v) is 15.0. The van der Waals surface area contributed by atoms with E-state index in [1.54, 1.807) is 0 Å². The molecule has 2 heterocycles. The van der Waals surface area contributed by atoms with Crippen molar-refractivity contribution in [3.05, 3.63) is 48.8 Å². The first-order valence-electron chi connectivity index (χ1n) is 5.20. The van der Waals surface area contributed by atoms with Crippen LogP contribution in [0.25, 0.3) is 0 Å². The second kappa shape index (κ2) is 12.6. The SMILES string of the molecule is CN(C)C.Cl.Cl.c1cc[c]([Pt][c]2ccccn2)nc1. The topological polar surface area (TPSA) is 29.0 Å². The van der Waals surface area contributed by atoms with Gasteiger partial charge in [-0.1, -0.05) is 0 Å². The minimum atomic E-state index is -0.204. The summed E-state index contributed by atoms with van der Waals surface area (Å²) in [4.78, 5) is 10.6. The van der Waals surface area contributed by atoms with Crippen molar-refractivity contribution >= 4 is 33.0 Å². The van der Waals surface area contributed by atoms with Crippen LogP contribution in [0.2, 0.25) is 0 Å². The van der Waals surface area contributed by atoms with E-state index in [0.29, 0.717) is 0 Å². The van der Waals surface area contributed by atoms with Crippen LogP contribution in [-0.2, 0) is 18.6 Å². The van der Waals surface area contributed by atoms with Gasteiger partial charge in [-0.2, -0.15) is 0 Å². The molecular formula is C13H19Cl2N3Pt. The first kappa shape index (κ1) is 20.8. The summed E-state index contributed by atoms with van der Waals surface area (Å²) in [7, 11) is 6.00. The average Bonchev–Trinajstić information content (AvgIpc) is 2.31. The van der Waals surface area contributed by atoms with Crippen LogP contribution in [0, 0.1) is 0 Å². The number of hydrogen-bond acceptors (Lipinski definition) is 3. The van der Waals surface area contributed by atoms with Crippen molar-refractivity contribution in [3.8, 4) is 0 Å². The molecule has 0 fully saturated rings. The summed E-state index contributed by atoms with van der Waals surface area (Å²) in [5.41, 5.74) is 0. The fourth-order valence-corrected chi connectivity index (χ4v) is 2.88. The molecule has 0 amide bonds. The number of halogens is 2. The van der Waals surface area contributed by atoms with E-state index in [0.717, 1.165) is 0 Å². The van der Waals surface area contributed by atoms with E-state index >= 15 is 0 Å². The van der Waals surface area contributed by atoms with E-state index in [-0.39, 0.29) is 43.4 Å². The molecule has 0 aliphatic heterocycles. The molecule has 0 unspecified atom stereocenters. The van der Waals surface area contributed by atoms with Crippen LogP contribution in [0.4, 0.5) is 0 Å². The number of rotatable bonds is 2. The van der Waals surface area contributed by atoms with Gasteiger partial charge in [-0.05, 0) is 21.1 Å². The number of hydrogen-bond donors (Lipinski definition) is 0. The molecule has 0 saturated heterocycles. The van der Waals surface area contributed by atoms with Crippen LogP contribution in [0.5, 0.6) is 0 Å². The van der Waals surface area contributed by atoms with E-state index in [2.05, 4.69) is 22.1 Å². The Bertz CT molecular complexity index is 372. The first-order chi connectivity index (χ1) is 8.18. The van der Waals surface area contributed by atoms with E-state index < -0.39 is 0 Å². The Kier molecular flexibility index (Phi) is 13.8. The Hall–Kier alpha value is -0.472. The van der Waals surface area contributed by atoms with Gasteiger partial charge < -0.3 is 4.90 Å². The number of aromatic nitrogens is 2. The Labute approximate surface area is 136 Å². The van der Waals surface area contributed by atoms with Crippen LogP contribution in [0.15, 0.2) is 48.8 Å². The van der Waals surface area contributed by atoms with Gasteiger partial charge in [0.15, 0.2) is 0 Å². The zero-order valence-electron chi connectivity index (χ0n) is 11.1. The minimum absolute atomic E-state index is 0. The van der Waals surface area contributed by atoms with Crippen molar-refractivity contribution in [1.82, 2.24) is 14.9 Å². The molecule has 2 aromatic heterocycles. The quantitative estimate of drug-likeness (QED) is 0.650. The van der Waals surface area contributed by atoms with Crippen LogP contribution >= 0.6 is 24.8 Å². The van der Waals surface area contributed by atoms with Crippen molar-refractivity contribution in [2.75, 3.05) is 21.1 Å². The third-order valence-corrected chi connectivity index (χ3v) is 3.89. The van der Waals surface area contributed by atoms with Crippen molar-refractivity contribution in [2.24, 2.45) is 0 Å². The van der Waals surface area contributed by atoms with Gasteiger partial charge in [0.2, 0.25) is 0 Å². The predicted molar refractivity (Wildman–Crippen MR) is 81.8 cm³/mol. The predicted octanol–water partition coefficient (Wildman–Crippen LogP) is 1.53. The molecule has 0 N–H and O–H groups in total. The summed E-state index contributed by atoms with van der Waals surface area (Å²) in [5.74, 6) is 0. The molecule has 0 aliphatic carbocycles. The van der Waals surface area contributed by atoms with Gasteiger partial charge in [0.1, 0.15) is 0 Å². The van der Waals surface area contributed by atoms with Crippen molar-refractivity contribution in [1.29, 1.82) is 0 Å². The van der Waals surface area contributed by atoms with Gasteiger partial charge in [0.05, 0.1) is 0 Å². The Morgan fingerprint density at radius 2 is 1.16 bits per heavy atom. The molecule has 0 atom stereocenters. The van der Waals surface area contributed by atoms with E-state index in [4.69, 9.17) is 0 Å². The molecule has 0 saturated carbocycles. The molecule has 2 rings (SSSR count). The summed E-state index contributed by atoms with van der Waals surface area (Å²) in [6.07, 6.45) is 3.66. The summed E-state index contributed by atoms with van der Waals surface area (Å²) >= 11 is -0.204. The molecule has 110 valence electrons. The van der Waals surface area contributed by atoms with E-state index in [1.807, 2.05) is 62.7 Å². The number of nitrogens with zero attached hydrogens (tertiary/aromatic N) is 3. The van der Waals surface area contributed by atoms with Crippen molar-refractivity contribution in [2.45, 2.75) is 0 Å². The second-order valence-electron chi connectivity index (χ2n) is 3.66. The Morgan fingerprint density at radius 1 is 0.789 bits per heavy atom. The van der Waals surface area contributed by atoms with Crippen molar-refractivity contribution < 1.29 is 18.6 Å². The molecule has 0 bridgehead atoms. The summed E-state index contributed by atoms with van der Waals surface area (Å²) in [6.45, 7) is 0. The third-order valence-electron chi connectivity index (χ3n) is 1.38. The summed E-state index contributed by atoms with van der Waals surface area (Å²) in [5, 5.41) is 0. The van der Waals surface area contributed by atoms with E-state index in [9.17, 15) is 0 Å². The Balaban J connectivity index is 0. The van der Waals surface area contributed by atoms with Gasteiger partial charge in [0, 0.05) is 0 Å². The van der Waals surface area contributed by atoms with Crippen molar-refractivity contribution in [3.63, 3.8) is 0 Å². The maximum absolute atomic E-state index is 4.28. The zero-order chi connectivity index (χ0) is 12.5. The molecule has 0 radical (unpaired) electrons. The third kappa shape index (κ3) is 11.1. The summed E-state index contributed by atoms with van der Waals surface area (Å²) < 4.78 is 2.34. The fourth-order valence-electron chi connectivity index (χ4n) is 0.839. The van der Waals surface area contributed by atoms with Crippen LogP contribution < -0.4 is 8.17 Å². The normalized spacial score (nSPS) is 8.84. The molecule has 0 aliphatic rings. The second-order valence-corrected chi connectivity index (χ2v) is 6.56. The first-order valence-corrected chi connectivity index (χ1v) is 7.47.